The van der Waals surface area contributed by atoms with Gasteiger partial charge in [0.05, 0.1) is 5.56 Å². The molecule has 0 aliphatic rings. The third kappa shape index (κ3) is 2.85. The Balaban J connectivity index is 2.03. The van der Waals surface area contributed by atoms with Crippen LogP contribution in [0.25, 0.3) is 0 Å². The highest BCUT2D eigenvalue weighted by atomic mass is 16.1. The number of aromatic nitrogens is 1. The van der Waals surface area contributed by atoms with Gasteiger partial charge in [0, 0.05) is 18.8 Å². The summed E-state index contributed by atoms with van der Waals surface area (Å²) in [7, 11) is 0. The Morgan fingerprint density at radius 3 is 2.67 bits per heavy atom. The smallest absolute Gasteiger partial charge is 0.253 e. The van der Waals surface area contributed by atoms with Crippen LogP contribution < -0.4 is 10.9 Å². The summed E-state index contributed by atoms with van der Waals surface area (Å²) in [6, 6.07) is 10.7. The molecule has 2 N–H and O–H groups in total. The van der Waals surface area contributed by atoms with E-state index in [0.29, 0.717) is 12.1 Å². The van der Waals surface area contributed by atoms with Crippen molar-refractivity contribution in [2.45, 2.75) is 13.5 Å². The van der Waals surface area contributed by atoms with E-state index in [9.17, 15) is 9.59 Å². The number of carbonyl (C=O) groups excluding carboxylic acids is 1. The summed E-state index contributed by atoms with van der Waals surface area (Å²) in [5, 5.41) is 2.81. The van der Waals surface area contributed by atoms with E-state index in [2.05, 4.69) is 10.3 Å². The van der Waals surface area contributed by atoms with Gasteiger partial charge in [0.2, 0.25) is 5.56 Å². The summed E-state index contributed by atoms with van der Waals surface area (Å²) in [5.74, 6) is -0.200. The van der Waals surface area contributed by atoms with E-state index in [1.165, 1.54) is 18.3 Å². The maximum atomic E-state index is 11.8. The average Bonchev–Trinajstić information content (AvgIpc) is 2.38. The quantitative estimate of drug-likeness (QED) is 0.859. The van der Waals surface area contributed by atoms with Gasteiger partial charge >= 0.3 is 0 Å². The van der Waals surface area contributed by atoms with E-state index in [4.69, 9.17) is 0 Å². The van der Waals surface area contributed by atoms with Gasteiger partial charge in [-0.3, -0.25) is 9.59 Å². The number of carbonyl (C=O) groups is 1. The zero-order valence-electron chi connectivity index (χ0n) is 10.1. The maximum Gasteiger partial charge on any atom is 0.253 e. The minimum absolute atomic E-state index is 0.200. The molecule has 1 amide bonds. The molecule has 0 spiro atoms. The van der Waals surface area contributed by atoms with Crippen LogP contribution in [0, 0.1) is 6.92 Å². The highest BCUT2D eigenvalue weighted by Gasteiger charge is 2.05. The molecule has 1 heterocycles. The predicted molar refractivity (Wildman–Crippen MR) is 69.4 cm³/mol. The molecule has 4 nitrogen and oxygen atoms in total. The Morgan fingerprint density at radius 1 is 1.22 bits per heavy atom. The number of benzene rings is 1. The number of nitrogens with one attached hydrogen (secondary N) is 2. The van der Waals surface area contributed by atoms with E-state index >= 15 is 0 Å². The third-order valence-corrected chi connectivity index (χ3v) is 2.75. The van der Waals surface area contributed by atoms with Gasteiger partial charge in [-0.25, -0.2) is 0 Å². The van der Waals surface area contributed by atoms with Gasteiger partial charge in [0.25, 0.3) is 5.91 Å². The van der Waals surface area contributed by atoms with Crippen LogP contribution in [0.2, 0.25) is 0 Å². The van der Waals surface area contributed by atoms with Crippen molar-refractivity contribution in [1.29, 1.82) is 0 Å². The zero-order valence-corrected chi connectivity index (χ0v) is 10.1. The van der Waals surface area contributed by atoms with Gasteiger partial charge in [-0.05, 0) is 24.1 Å². The fourth-order valence-electron chi connectivity index (χ4n) is 1.64. The number of aryl methyl sites for hydroxylation is 1. The number of aromatic amines is 1. The van der Waals surface area contributed by atoms with Crippen LogP contribution in [-0.2, 0) is 6.54 Å². The molecule has 0 bridgehead atoms. The van der Waals surface area contributed by atoms with Crippen molar-refractivity contribution < 1.29 is 4.79 Å². The molecule has 2 rings (SSSR count). The van der Waals surface area contributed by atoms with Crippen molar-refractivity contribution in [3.05, 3.63) is 69.6 Å². The largest absolute Gasteiger partial charge is 0.348 e. The molecule has 0 saturated heterocycles. The summed E-state index contributed by atoms with van der Waals surface area (Å²) in [6.45, 7) is 2.48. The van der Waals surface area contributed by atoms with Crippen LogP contribution in [0.1, 0.15) is 21.5 Å². The molecule has 4 heteroatoms. The predicted octanol–water partition coefficient (Wildman–Crippen LogP) is 1.61. The molecule has 18 heavy (non-hydrogen) atoms. The molecule has 2 aromatic rings. The van der Waals surface area contributed by atoms with E-state index in [0.717, 1.165) is 11.1 Å². The molecule has 1 aromatic heterocycles. The first-order valence-corrected chi connectivity index (χ1v) is 5.68. The minimum atomic E-state index is -0.217. The van der Waals surface area contributed by atoms with Crippen LogP contribution in [0.3, 0.4) is 0 Å². The lowest BCUT2D eigenvalue weighted by Gasteiger charge is -2.07. The normalized spacial score (nSPS) is 10.1. The van der Waals surface area contributed by atoms with Crippen molar-refractivity contribution in [2.24, 2.45) is 0 Å². The van der Waals surface area contributed by atoms with Gasteiger partial charge < -0.3 is 10.3 Å². The molecule has 0 aliphatic heterocycles. The van der Waals surface area contributed by atoms with Crippen molar-refractivity contribution in [3.63, 3.8) is 0 Å². The lowest BCUT2D eigenvalue weighted by atomic mass is 10.1. The second-order valence-corrected chi connectivity index (χ2v) is 4.05. The molecular weight excluding hydrogens is 228 g/mol. The lowest BCUT2D eigenvalue weighted by molar-refractivity contribution is 0.0950. The number of hydrogen-bond acceptors (Lipinski definition) is 2. The van der Waals surface area contributed by atoms with E-state index < -0.39 is 0 Å². The first-order valence-electron chi connectivity index (χ1n) is 5.68. The standard InChI is InChI=1S/C14H14N2O2/c1-10-4-2-3-5-11(10)8-16-14(18)12-6-7-13(17)15-9-12/h2-7,9H,8H2,1H3,(H,15,17)(H,16,18). The summed E-state index contributed by atoms with van der Waals surface area (Å²) in [4.78, 5) is 25.2. The van der Waals surface area contributed by atoms with Gasteiger partial charge in [-0.1, -0.05) is 24.3 Å². The highest BCUT2D eigenvalue weighted by molar-refractivity contribution is 5.93. The molecule has 0 saturated carbocycles. The Kier molecular flexibility index (Phi) is 3.57. The Labute approximate surface area is 105 Å². The van der Waals surface area contributed by atoms with Crippen LogP contribution in [0.15, 0.2) is 47.4 Å². The molecule has 0 atom stereocenters. The summed E-state index contributed by atoms with van der Waals surface area (Å²) in [6.07, 6.45) is 1.41. The Morgan fingerprint density at radius 2 is 2.00 bits per heavy atom. The topological polar surface area (TPSA) is 62.0 Å². The number of rotatable bonds is 3. The van der Waals surface area contributed by atoms with Gasteiger partial charge in [-0.2, -0.15) is 0 Å². The summed E-state index contributed by atoms with van der Waals surface area (Å²) >= 11 is 0. The van der Waals surface area contributed by atoms with Crippen molar-refractivity contribution in [3.8, 4) is 0 Å². The fraction of sp³-hybridized carbons (Fsp3) is 0.143. The van der Waals surface area contributed by atoms with Crippen LogP contribution >= 0.6 is 0 Å². The average molecular weight is 242 g/mol. The van der Waals surface area contributed by atoms with Crippen molar-refractivity contribution >= 4 is 5.91 Å². The first-order chi connectivity index (χ1) is 8.66. The van der Waals surface area contributed by atoms with Gasteiger partial charge in [-0.15, -0.1) is 0 Å². The van der Waals surface area contributed by atoms with Crippen molar-refractivity contribution in [1.82, 2.24) is 10.3 Å². The van der Waals surface area contributed by atoms with Crippen LogP contribution in [0.5, 0.6) is 0 Å². The molecule has 0 unspecified atom stereocenters. The first kappa shape index (κ1) is 12.1. The lowest BCUT2D eigenvalue weighted by Crippen LogP contribution is -2.24. The molecule has 92 valence electrons. The SMILES string of the molecule is Cc1ccccc1CNC(=O)c1ccc(=O)[nH]c1. The van der Waals surface area contributed by atoms with Crippen LogP contribution in [-0.4, -0.2) is 10.9 Å². The number of hydrogen-bond donors (Lipinski definition) is 2. The molecule has 1 aromatic carbocycles. The third-order valence-electron chi connectivity index (χ3n) is 2.75. The molecule has 0 aliphatic carbocycles. The van der Waals surface area contributed by atoms with Crippen LogP contribution in [0.4, 0.5) is 0 Å². The second-order valence-electron chi connectivity index (χ2n) is 4.05. The van der Waals surface area contributed by atoms with E-state index in [1.54, 1.807) is 0 Å². The summed E-state index contributed by atoms with van der Waals surface area (Å²) in [5.41, 5.74) is 2.45. The molecular formula is C14H14N2O2. The fourth-order valence-corrected chi connectivity index (χ4v) is 1.64. The van der Waals surface area contributed by atoms with E-state index in [-0.39, 0.29) is 11.5 Å². The number of pyridine rings is 1. The monoisotopic (exact) mass is 242 g/mol. The van der Waals surface area contributed by atoms with Gasteiger partial charge in [0.1, 0.15) is 0 Å². The molecule has 0 radical (unpaired) electrons. The van der Waals surface area contributed by atoms with Gasteiger partial charge in [0.15, 0.2) is 0 Å². The number of H-pyrrole nitrogens is 1. The number of amides is 1. The summed E-state index contributed by atoms with van der Waals surface area (Å²) < 4.78 is 0. The second kappa shape index (κ2) is 5.31. The minimum Gasteiger partial charge on any atom is -0.348 e. The molecule has 0 fully saturated rings. The Hall–Kier alpha value is -2.36. The zero-order chi connectivity index (χ0) is 13.0. The van der Waals surface area contributed by atoms with E-state index in [1.807, 2.05) is 31.2 Å². The highest BCUT2D eigenvalue weighted by Crippen LogP contribution is 2.06. The Bertz CT molecular complexity index is 597. The van der Waals surface area contributed by atoms with Crippen molar-refractivity contribution in [2.75, 3.05) is 0 Å². The maximum absolute atomic E-state index is 11.8.